The summed E-state index contributed by atoms with van der Waals surface area (Å²) in [6.45, 7) is 0. The summed E-state index contributed by atoms with van der Waals surface area (Å²) < 4.78 is 10.8. The highest BCUT2D eigenvalue weighted by Gasteiger charge is 2.37. The maximum absolute atomic E-state index is 12.2. The number of amides is 1. The number of methoxy groups -OCH3 is 1. The SMILES string of the molecule is COC(=O)CC1Oc2ccccc2-c2cc3c(cc21)N(C)C(=O)C3=O. The van der Waals surface area contributed by atoms with Gasteiger partial charge in [0.25, 0.3) is 11.7 Å². The second-order valence-corrected chi connectivity index (χ2v) is 6.03. The molecule has 2 aromatic rings. The molecule has 6 nitrogen and oxygen atoms in total. The van der Waals surface area contributed by atoms with E-state index in [1.165, 1.54) is 12.0 Å². The van der Waals surface area contributed by atoms with Gasteiger partial charge in [-0.15, -0.1) is 0 Å². The van der Waals surface area contributed by atoms with Gasteiger partial charge >= 0.3 is 5.97 Å². The normalized spacial score (nSPS) is 17.5. The van der Waals surface area contributed by atoms with Crippen molar-refractivity contribution in [3.8, 4) is 16.9 Å². The van der Waals surface area contributed by atoms with E-state index in [-0.39, 0.29) is 6.42 Å². The lowest BCUT2D eigenvalue weighted by atomic mass is 9.89. The molecule has 0 bridgehead atoms. The Bertz CT molecular complexity index is 933. The third kappa shape index (κ3) is 2.21. The molecule has 126 valence electrons. The quantitative estimate of drug-likeness (QED) is 0.622. The fourth-order valence-corrected chi connectivity index (χ4v) is 3.34. The number of esters is 1. The van der Waals surface area contributed by atoms with Crippen LogP contribution in [0.4, 0.5) is 5.69 Å². The second-order valence-electron chi connectivity index (χ2n) is 6.03. The molecule has 2 heterocycles. The Morgan fingerprint density at radius 1 is 1.16 bits per heavy atom. The molecule has 25 heavy (non-hydrogen) atoms. The number of rotatable bonds is 2. The van der Waals surface area contributed by atoms with Crippen molar-refractivity contribution >= 4 is 23.3 Å². The van der Waals surface area contributed by atoms with Crippen LogP contribution in [0.15, 0.2) is 36.4 Å². The Balaban J connectivity index is 1.92. The molecule has 6 heteroatoms. The Labute approximate surface area is 144 Å². The van der Waals surface area contributed by atoms with Crippen LogP contribution >= 0.6 is 0 Å². The fraction of sp³-hybridized carbons (Fsp3) is 0.211. The number of anilines is 1. The van der Waals surface area contributed by atoms with Gasteiger partial charge in [0.15, 0.2) is 0 Å². The van der Waals surface area contributed by atoms with Crippen LogP contribution in [0.25, 0.3) is 11.1 Å². The first-order valence-corrected chi connectivity index (χ1v) is 7.84. The molecule has 0 spiro atoms. The molecule has 1 unspecified atom stereocenters. The molecule has 0 fully saturated rings. The smallest absolute Gasteiger partial charge is 0.309 e. The number of carbonyl (C=O) groups excluding carboxylic acids is 3. The molecular formula is C19H15NO5. The first-order chi connectivity index (χ1) is 12.0. The second kappa shape index (κ2) is 5.44. The van der Waals surface area contributed by atoms with Gasteiger partial charge in [-0.3, -0.25) is 14.4 Å². The molecule has 0 radical (unpaired) electrons. The van der Waals surface area contributed by atoms with Gasteiger partial charge in [0.2, 0.25) is 0 Å². The number of benzene rings is 2. The van der Waals surface area contributed by atoms with Gasteiger partial charge in [-0.05, 0) is 23.8 Å². The zero-order valence-corrected chi connectivity index (χ0v) is 13.7. The number of nitrogens with zero attached hydrogens (tertiary/aromatic N) is 1. The molecule has 2 aliphatic heterocycles. The lowest BCUT2D eigenvalue weighted by Crippen LogP contribution is -2.25. The molecule has 1 atom stereocenters. The van der Waals surface area contributed by atoms with Gasteiger partial charge < -0.3 is 14.4 Å². The average molecular weight is 337 g/mol. The van der Waals surface area contributed by atoms with E-state index < -0.39 is 23.8 Å². The predicted octanol–water partition coefficient (Wildman–Crippen LogP) is 2.51. The van der Waals surface area contributed by atoms with Gasteiger partial charge in [-0.25, -0.2) is 0 Å². The van der Waals surface area contributed by atoms with Crippen LogP contribution in [0.2, 0.25) is 0 Å². The van der Waals surface area contributed by atoms with Crippen LogP contribution < -0.4 is 9.64 Å². The Hall–Kier alpha value is -3.15. The van der Waals surface area contributed by atoms with Gasteiger partial charge in [0, 0.05) is 18.2 Å². The summed E-state index contributed by atoms with van der Waals surface area (Å²) in [5.41, 5.74) is 3.30. The number of Topliss-reactive ketones (excluding diaryl/α,β-unsaturated/α-hetero) is 1. The first kappa shape index (κ1) is 15.4. The van der Waals surface area contributed by atoms with Crippen molar-refractivity contribution in [3.05, 3.63) is 47.5 Å². The molecule has 2 aromatic carbocycles. The summed E-state index contributed by atoms with van der Waals surface area (Å²) in [5, 5.41) is 0. The maximum atomic E-state index is 12.2. The number of para-hydroxylation sites is 1. The van der Waals surface area contributed by atoms with Crippen molar-refractivity contribution in [1.29, 1.82) is 0 Å². The van der Waals surface area contributed by atoms with Gasteiger partial charge in [-0.1, -0.05) is 18.2 Å². The molecule has 0 aliphatic carbocycles. The molecule has 0 saturated carbocycles. The standard InChI is InChI=1S/C19H15NO5/c1-20-14-8-12-11(7-13(14)18(22)19(20)23)10-5-3-4-6-15(10)25-16(12)9-17(21)24-2/h3-8,16H,9H2,1-2H3. The van der Waals surface area contributed by atoms with Crippen LogP contribution in [0.3, 0.4) is 0 Å². The van der Waals surface area contributed by atoms with E-state index in [2.05, 4.69) is 0 Å². The molecule has 0 saturated heterocycles. The average Bonchev–Trinajstić information content (AvgIpc) is 2.84. The third-order valence-electron chi connectivity index (χ3n) is 4.65. The van der Waals surface area contributed by atoms with E-state index in [4.69, 9.17) is 9.47 Å². The Morgan fingerprint density at radius 3 is 2.68 bits per heavy atom. The van der Waals surface area contributed by atoms with Crippen LogP contribution in [0.1, 0.15) is 28.4 Å². The van der Waals surface area contributed by atoms with Crippen LogP contribution in [0.5, 0.6) is 5.75 Å². The summed E-state index contributed by atoms with van der Waals surface area (Å²) in [7, 11) is 2.89. The molecule has 2 aliphatic rings. The zero-order chi connectivity index (χ0) is 17.7. The zero-order valence-electron chi connectivity index (χ0n) is 13.7. The molecule has 4 rings (SSSR count). The van der Waals surface area contributed by atoms with Crippen LogP contribution in [0, 0.1) is 0 Å². The van der Waals surface area contributed by atoms with E-state index in [0.29, 0.717) is 17.0 Å². The minimum Gasteiger partial charge on any atom is -0.484 e. The summed E-state index contributed by atoms with van der Waals surface area (Å²) >= 11 is 0. The van der Waals surface area contributed by atoms with Gasteiger partial charge in [-0.2, -0.15) is 0 Å². The van der Waals surface area contributed by atoms with Crippen LogP contribution in [-0.4, -0.2) is 31.8 Å². The molecule has 1 amide bonds. The van der Waals surface area contributed by atoms with E-state index in [0.717, 1.165) is 16.7 Å². The molecule has 0 aromatic heterocycles. The van der Waals surface area contributed by atoms with Crippen molar-refractivity contribution < 1.29 is 23.9 Å². The van der Waals surface area contributed by atoms with Gasteiger partial charge in [0.05, 0.1) is 24.8 Å². The Kier molecular flexibility index (Phi) is 3.35. The number of ether oxygens (including phenoxy) is 2. The lowest BCUT2D eigenvalue weighted by molar-refractivity contribution is -0.142. The highest BCUT2D eigenvalue weighted by molar-refractivity contribution is 6.52. The molecule has 0 N–H and O–H groups in total. The summed E-state index contributed by atoms with van der Waals surface area (Å²) in [5.74, 6) is -0.838. The highest BCUT2D eigenvalue weighted by Crippen LogP contribution is 2.46. The van der Waals surface area contributed by atoms with Gasteiger partial charge in [0.1, 0.15) is 11.9 Å². The van der Waals surface area contributed by atoms with Crippen LogP contribution in [-0.2, 0) is 14.3 Å². The van der Waals surface area contributed by atoms with Crippen molar-refractivity contribution in [2.75, 3.05) is 19.1 Å². The largest absolute Gasteiger partial charge is 0.484 e. The number of carbonyl (C=O) groups is 3. The number of hydrogen-bond donors (Lipinski definition) is 0. The van der Waals surface area contributed by atoms with E-state index in [1.54, 1.807) is 19.2 Å². The number of likely N-dealkylation sites (N-methyl/N-ethyl adjacent to an activating group) is 1. The van der Waals surface area contributed by atoms with E-state index in [9.17, 15) is 14.4 Å². The van der Waals surface area contributed by atoms with Crippen molar-refractivity contribution in [2.45, 2.75) is 12.5 Å². The van der Waals surface area contributed by atoms with E-state index >= 15 is 0 Å². The number of fused-ring (bicyclic) bond motifs is 4. The van der Waals surface area contributed by atoms with Crippen molar-refractivity contribution in [3.63, 3.8) is 0 Å². The minimum absolute atomic E-state index is 0.0439. The summed E-state index contributed by atoms with van der Waals surface area (Å²) in [6, 6.07) is 10.9. The summed E-state index contributed by atoms with van der Waals surface area (Å²) in [6.07, 6.45) is -0.496. The third-order valence-corrected chi connectivity index (χ3v) is 4.65. The predicted molar refractivity (Wildman–Crippen MR) is 89.6 cm³/mol. The minimum atomic E-state index is -0.559. The monoisotopic (exact) mass is 337 g/mol. The highest BCUT2D eigenvalue weighted by atomic mass is 16.5. The molecular weight excluding hydrogens is 322 g/mol. The topological polar surface area (TPSA) is 72.9 Å². The summed E-state index contributed by atoms with van der Waals surface area (Å²) in [4.78, 5) is 37.3. The lowest BCUT2D eigenvalue weighted by Gasteiger charge is -2.29. The van der Waals surface area contributed by atoms with E-state index in [1.807, 2.05) is 24.3 Å². The number of ketones is 1. The fourth-order valence-electron chi connectivity index (χ4n) is 3.34. The van der Waals surface area contributed by atoms with Crippen molar-refractivity contribution in [1.82, 2.24) is 0 Å². The van der Waals surface area contributed by atoms with Crippen molar-refractivity contribution in [2.24, 2.45) is 0 Å². The number of hydrogen-bond acceptors (Lipinski definition) is 5. The Morgan fingerprint density at radius 2 is 1.92 bits per heavy atom. The maximum Gasteiger partial charge on any atom is 0.309 e. The first-order valence-electron chi connectivity index (χ1n) is 7.84.